The Bertz CT molecular complexity index is 395. The molecule has 18 heavy (non-hydrogen) atoms. The highest BCUT2D eigenvalue weighted by Crippen LogP contribution is 2.12. The highest BCUT2D eigenvalue weighted by atomic mass is 16.5. The largest absolute Gasteiger partial charge is 0.475 e. The van der Waals surface area contributed by atoms with E-state index in [0.717, 1.165) is 0 Å². The molecule has 1 aromatic rings. The number of aliphatic hydroxyl groups excluding tert-OH is 2. The van der Waals surface area contributed by atoms with E-state index in [1.54, 1.807) is 32.0 Å². The zero-order valence-electron chi connectivity index (χ0n) is 10.5. The van der Waals surface area contributed by atoms with Crippen LogP contribution in [0.15, 0.2) is 18.2 Å². The number of carbonyl (C=O) groups is 1. The van der Waals surface area contributed by atoms with Gasteiger partial charge in [0.15, 0.2) is 0 Å². The van der Waals surface area contributed by atoms with E-state index < -0.39 is 6.10 Å². The van der Waals surface area contributed by atoms with Crippen LogP contribution in [0.5, 0.6) is 5.88 Å². The summed E-state index contributed by atoms with van der Waals surface area (Å²) < 4.78 is 5.17. The molecule has 0 aliphatic heterocycles. The van der Waals surface area contributed by atoms with Gasteiger partial charge in [0, 0.05) is 12.0 Å². The molecule has 3 N–H and O–H groups in total. The van der Waals surface area contributed by atoms with Crippen LogP contribution in [-0.2, 0) is 4.79 Å². The van der Waals surface area contributed by atoms with E-state index in [4.69, 9.17) is 14.9 Å². The predicted octanol–water partition coefficient (Wildman–Crippen LogP) is 0.408. The maximum Gasteiger partial charge on any atom is 0.228 e. The maximum absolute atomic E-state index is 11.5. The van der Waals surface area contributed by atoms with Crippen LogP contribution in [0, 0.1) is 5.92 Å². The second-order valence-electron chi connectivity index (χ2n) is 4.15. The number of rotatable bonds is 6. The van der Waals surface area contributed by atoms with Crippen LogP contribution < -0.4 is 10.1 Å². The Labute approximate surface area is 106 Å². The third kappa shape index (κ3) is 4.68. The number of anilines is 1. The zero-order valence-corrected chi connectivity index (χ0v) is 10.5. The summed E-state index contributed by atoms with van der Waals surface area (Å²) in [5.41, 5.74) is 0. The number of nitrogens with zero attached hydrogens (tertiary/aromatic N) is 1. The lowest BCUT2D eigenvalue weighted by molar-refractivity contribution is -0.118. The van der Waals surface area contributed by atoms with E-state index in [1.807, 2.05) is 0 Å². The molecule has 1 rings (SSSR count). The quantitative estimate of drug-likeness (QED) is 0.684. The molecule has 0 aliphatic carbocycles. The Morgan fingerprint density at radius 3 is 2.83 bits per heavy atom. The highest BCUT2D eigenvalue weighted by Gasteiger charge is 2.09. The molecule has 0 bridgehead atoms. The van der Waals surface area contributed by atoms with Crippen molar-refractivity contribution in [3.05, 3.63) is 18.2 Å². The zero-order chi connectivity index (χ0) is 13.5. The van der Waals surface area contributed by atoms with Crippen molar-refractivity contribution in [1.82, 2.24) is 4.98 Å². The van der Waals surface area contributed by atoms with Crippen molar-refractivity contribution in [2.24, 2.45) is 5.92 Å². The lowest BCUT2D eigenvalue weighted by atomic mass is 10.2. The standard InChI is InChI=1S/C12H18N2O4/c1-8(2)12(17)14-10-4-3-5-11(13-10)18-7-9(16)6-15/h3-5,8-9,15-16H,6-7H2,1-2H3,(H,13,14,17)/t9-/m0/s1. The Hall–Kier alpha value is -1.66. The molecular weight excluding hydrogens is 236 g/mol. The molecule has 0 unspecified atom stereocenters. The van der Waals surface area contributed by atoms with Gasteiger partial charge < -0.3 is 20.3 Å². The van der Waals surface area contributed by atoms with Gasteiger partial charge in [-0.15, -0.1) is 0 Å². The molecule has 1 amide bonds. The maximum atomic E-state index is 11.5. The van der Waals surface area contributed by atoms with E-state index in [-0.39, 0.29) is 30.9 Å². The van der Waals surface area contributed by atoms with E-state index in [9.17, 15) is 4.79 Å². The van der Waals surface area contributed by atoms with Crippen molar-refractivity contribution < 1.29 is 19.7 Å². The molecule has 6 nitrogen and oxygen atoms in total. The minimum Gasteiger partial charge on any atom is -0.475 e. The third-order valence-corrected chi connectivity index (χ3v) is 2.13. The van der Waals surface area contributed by atoms with Crippen LogP contribution in [0.3, 0.4) is 0 Å². The smallest absolute Gasteiger partial charge is 0.228 e. The normalized spacial score (nSPS) is 12.3. The molecule has 100 valence electrons. The molecule has 0 spiro atoms. The van der Waals surface area contributed by atoms with Crippen molar-refractivity contribution >= 4 is 11.7 Å². The molecular formula is C12H18N2O4. The van der Waals surface area contributed by atoms with E-state index in [2.05, 4.69) is 10.3 Å². The lowest BCUT2D eigenvalue weighted by Crippen LogP contribution is -2.22. The van der Waals surface area contributed by atoms with Crippen LogP contribution in [0.2, 0.25) is 0 Å². The van der Waals surface area contributed by atoms with E-state index in [1.165, 1.54) is 0 Å². The number of hydrogen-bond donors (Lipinski definition) is 3. The molecule has 0 saturated heterocycles. The number of carbonyl (C=O) groups excluding carboxylic acids is 1. The van der Waals surface area contributed by atoms with Crippen molar-refractivity contribution in [2.75, 3.05) is 18.5 Å². The molecule has 0 radical (unpaired) electrons. The van der Waals surface area contributed by atoms with Gasteiger partial charge in [-0.25, -0.2) is 0 Å². The van der Waals surface area contributed by atoms with E-state index in [0.29, 0.717) is 5.82 Å². The van der Waals surface area contributed by atoms with Crippen LogP contribution in [0.4, 0.5) is 5.82 Å². The van der Waals surface area contributed by atoms with Crippen molar-refractivity contribution in [2.45, 2.75) is 20.0 Å². The number of hydrogen-bond acceptors (Lipinski definition) is 5. The summed E-state index contributed by atoms with van der Waals surface area (Å²) in [5.74, 6) is 0.413. The number of amides is 1. The average molecular weight is 254 g/mol. The number of nitrogens with one attached hydrogen (secondary N) is 1. The second-order valence-corrected chi connectivity index (χ2v) is 4.15. The molecule has 1 heterocycles. The minimum absolute atomic E-state index is 0.0505. The molecule has 0 aromatic carbocycles. The summed E-state index contributed by atoms with van der Waals surface area (Å²) >= 11 is 0. The van der Waals surface area contributed by atoms with Gasteiger partial charge in [0.25, 0.3) is 0 Å². The van der Waals surface area contributed by atoms with Crippen molar-refractivity contribution in [3.8, 4) is 5.88 Å². The van der Waals surface area contributed by atoms with Gasteiger partial charge in [0.2, 0.25) is 11.8 Å². The average Bonchev–Trinajstić information content (AvgIpc) is 2.36. The number of aliphatic hydroxyl groups is 2. The Balaban J connectivity index is 2.59. The first-order chi connectivity index (χ1) is 8.52. The molecule has 0 aliphatic rings. The monoisotopic (exact) mass is 254 g/mol. The third-order valence-electron chi connectivity index (χ3n) is 2.13. The summed E-state index contributed by atoms with van der Waals surface area (Å²) in [4.78, 5) is 15.5. The fraction of sp³-hybridized carbons (Fsp3) is 0.500. The molecule has 0 fully saturated rings. The van der Waals surface area contributed by atoms with Gasteiger partial charge in [-0.3, -0.25) is 4.79 Å². The summed E-state index contributed by atoms with van der Waals surface area (Å²) in [6.45, 7) is 3.15. The highest BCUT2D eigenvalue weighted by molar-refractivity contribution is 5.91. The Morgan fingerprint density at radius 2 is 2.22 bits per heavy atom. The number of aromatic nitrogens is 1. The van der Waals surface area contributed by atoms with Gasteiger partial charge >= 0.3 is 0 Å². The van der Waals surface area contributed by atoms with Crippen LogP contribution in [0.1, 0.15) is 13.8 Å². The number of pyridine rings is 1. The van der Waals surface area contributed by atoms with Crippen molar-refractivity contribution in [3.63, 3.8) is 0 Å². The molecule has 0 saturated carbocycles. The first-order valence-corrected chi connectivity index (χ1v) is 5.72. The first kappa shape index (κ1) is 14.4. The van der Waals surface area contributed by atoms with Crippen molar-refractivity contribution in [1.29, 1.82) is 0 Å². The summed E-state index contributed by atoms with van der Waals surface area (Å²) in [6.07, 6.45) is -0.944. The van der Waals surface area contributed by atoms with Gasteiger partial charge in [-0.1, -0.05) is 19.9 Å². The first-order valence-electron chi connectivity index (χ1n) is 5.72. The lowest BCUT2D eigenvalue weighted by Gasteiger charge is -2.11. The van der Waals surface area contributed by atoms with E-state index >= 15 is 0 Å². The molecule has 1 aromatic heterocycles. The number of ether oxygens (including phenoxy) is 1. The fourth-order valence-electron chi connectivity index (χ4n) is 1.07. The minimum atomic E-state index is -0.944. The second kappa shape index (κ2) is 6.93. The fourth-order valence-corrected chi connectivity index (χ4v) is 1.07. The van der Waals surface area contributed by atoms with Gasteiger partial charge in [-0.2, -0.15) is 4.98 Å². The summed E-state index contributed by atoms with van der Waals surface area (Å²) in [7, 11) is 0. The summed E-state index contributed by atoms with van der Waals surface area (Å²) in [6, 6.07) is 4.94. The van der Waals surface area contributed by atoms with Crippen LogP contribution in [-0.4, -0.2) is 40.4 Å². The molecule has 1 atom stereocenters. The molecule has 6 heteroatoms. The Morgan fingerprint density at radius 1 is 1.50 bits per heavy atom. The van der Waals surface area contributed by atoms with Gasteiger partial charge in [-0.05, 0) is 6.07 Å². The van der Waals surface area contributed by atoms with Gasteiger partial charge in [0.1, 0.15) is 18.5 Å². The predicted molar refractivity (Wildman–Crippen MR) is 66.3 cm³/mol. The van der Waals surface area contributed by atoms with Gasteiger partial charge in [0.05, 0.1) is 6.61 Å². The summed E-state index contributed by atoms with van der Waals surface area (Å²) in [5, 5.41) is 20.4. The van der Waals surface area contributed by atoms with Crippen LogP contribution >= 0.6 is 0 Å². The Kier molecular flexibility index (Phi) is 5.54. The SMILES string of the molecule is CC(C)C(=O)Nc1cccc(OC[C@@H](O)CO)n1. The topological polar surface area (TPSA) is 91.7 Å². The van der Waals surface area contributed by atoms with Crippen LogP contribution in [0.25, 0.3) is 0 Å².